The molecule has 1 aromatic rings. The Morgan fingerprint density at radius 2 is 1.93 bits per heavy atom. The van der Waals surface area contributed by atoms with Crippen LogP contribution in [0, 0.1) is 19.7 Å². The summed E-state index contributed by atoms with van der Waals surface area (Å²) in [4.78, 5) is 0. The van der Waals surface area contributed by atoms with E-state index in [0.717, 1.165) is 0 Å². The van der Waals surface area contributed by atoms with Gasteiger partial charge in [-0.2, -0.15) is 0 Å². The second-order valence-corrected chi connectivity index (χ2v) is 3.26. The number of hydrogen-bond donors (Lipinski definition) is 3. The Balaban J connectivity index is 3.45. The second-order valence-electron chi connectivity index (χ2n) is 3.26. The van der Waals surface area contributed by atoms with Crippen LogP contribution in [0.1, 0.15) is 16.7 Å². The lowest BCUT2D eigenvalue weighted by Gasteiger charge is -2.15. The Hall–Kier alpha value is -1.33. The molecule has 0 aromatic heterocycles. The fraction of sp³-hybridized carbons (Fsp3) is 0.400. The van der Waals surface area contributed by atoms with Gasteiger partial charge in [0.1, 0.15) is 5.82 Å². The number of phenols is 1. The predicted molar refractivity (Wildman–Crippen MR) is 52.7 cm³/mol. The van der Waals surface area contributed by atoms with Gasteiger partial charge in [-0.15, -0.1) is 0 Å². The number of halogens is 1. The zero-order valence-corrected chi connectivity index (χ0v) is 8.89. The highest BCUT2D eigenvalue weighted by molar-refractivity contribution is 5.54. The smallest absolute Gasteiger partial charge is 0.166 e. The first-order chi connectivity index (χ1) is 7.04. The number of methoxy groups -OCH3 is 1. The molecule has 0 fully saturated rings. The van der Waals surface area contributed by atoms with Crippen molar-refractivity contribution in [2.24, 2.45) is 0 Å². The van der Waals surface area contributed by atoms with E-state index in [1.165, 1.54) is 21.0 Å². The molecule has 0 bridgehead atoms. The normalized spacial score (nSPS) is 10.5. The SMILES string of the molecule is COc1c(C)c(F)c(C)c(CNO)c1O. The Morgan fingerprint density at radius 1 is 1.33 bits per heavy atom. The summed E-state index contributed by atoms with van der Waals surface area (Å²) in [6.45, 7) is 3.02. The predicted octanol–water partition coefficient (Wildman–Crippen LogP) is 1.64. The van der Waals surface area contributed by atoms with E-state index in [1.54, 1.807) is 0 Å². The van der Waals surface area contributed by atoms with Crippen molar-refractivity contribution in [3.05, 3.63) is 22.5 Å². The maximum atomic E-state index is 13.6. The second kappa shape index (κ2) is 4.46. The molecular formula is C10H14FNO3. The molecule has 0 heterocycles. The highest BCUT2D eigenvalue weighted by Gasteiger charge is 2.19. The van der Waals surface area contributed by atoms with E-state index in [-0.39, 0.29) is 29.2 Å². The number of hydroxylamine groups is 1. The lowest BCUT2D eigenvalue weighted by Crippen LogP contribution is -2.10. The first-order valence-electron chi connectivity index (χ1n) is 4.46. The lowest BCUT2D eigenvalue weighted by molar-refractivity contribution is 0.159. The minimum Gasteiger partial charge on any atom is -0.504 e. The summed E-state index contributed by atoms with van der Waals surface area (Å²) in [5.74, 6) is -0.478. The fourth-order valence-corrected chi connectivity index (χ4v) is 1.55. The first kappa shape index (κ1) is 11.7. The molecule has 15 heavy (non-hydrogen) atoms. The average Bonchev–Trinajstić information content (AvgIpc) is 2.22. The molecule has 4 nitrogen and oxygen atoms in total. The molecule has 0 radical (unpaired) electrons. The van der Waals surface area contributed by atoms with Gasteiger partial charge in [0.15, 0.2) is 11.5 Å². The summed E-state index contributed by atoms with van der Waals surface area (Å²) in [6, 6.07) is 0. The van der Waals surface area contributed by atoms with E-state index in [0.29, 0.717) is 5.56 Å². The largest absolute Gasteiger partial charge is 0.504 e. The van der Waals surface area contributed by atoms with Gasteiger partial charge in [-0.25, -0.2) is 9.87 Å². The Morgan fingerprint density at radius 3 is 2.40 bits per heavy atom. The van der Waals surface area contributed by atoms with Gasteiger partial charge >= 0.3 is 0 Å². The zero-order chi connectivity index (χ0) is 11.6. The van der Waals surface area contributed by atoms with Crippen molar-refractivity contribution in [2.45, 2.75) is 20.4 Å². The molecular weight excluding hydrogens is 201 g/mol. The molecule has 1 aromatic carbocycles. The molecule has 5 heteroatoms. The van der Waals surface area contributed by atoms with E-state index >= 15 is 0 Å². The molecule has 0 aliphatic rings. The summed E-state index contributed by atoms with van der Waals surface area (Å²) in [5, 5.41) is 18.3. The fourth-order valence-electron chi connectivity index (χ4n) is 1.55. The van der Waals surface area contributed by atoms with Gasteiger partial charge in [0.05, 0.1) is 7.11 Å². The summed E-state index contributed by atoms with van der Waals surface area (Å²) in [7, 11) is 1.35. The lowest BCUT2D eigenvalue weighted by atomic mass is 10.0. The van der Waals surface area contributed by atoms with Crippen molar-refractivity contribution in [3.8, 4) is 11.5 Å². The number of hydrogen-bond acceptors (Lipinski definition) is 4. The molecule has 0 saturated carbocycles. The number of ether oxygens (including phenoxy) is 1. The number of aromatic hydroxyl groups is 1. The van der Waals surface area contributed by atoms with Gasteiger partial charge in [-0.1, -0.05) is 0 Å². The molecule has 0 amide bonds. The van der Waals surface area contributed by atoms with Crippen molar-refractivity contribution >= 4 is 0 Å². The Kier molecular flexibility index (Phi) is 3.49. The number of nitrogens with one attached hydrogen (secondary N) is 1. The van der Waals surface area contributed by atoms with Crippen LogP contribution in [0.2, 0.25) is 0 Å². The maximum Gasteiger partial charge on any atom is 0.166 e. The van der Waals surface area contributed by atoms with Crippen molar-refractivity contribution in [1.29, 1.82) is 0 Å². The van der Waals surface area contributed by atoms with E-state index in [2.05, 4.69) is 0 Å². The van der Waals surface area contributed by atoms with Crippen LogP contribution in [0.3, 0.4) is 0 Å². The van der Waals surface area contributed by atoms with Gasteiger partial charge in [-0.05, 0) is 19.4 Å². The molecule has 0 aliphatic carbocycles. The zero-order valence-electron chi connectivity index (χ0n) is 8.89. The van der Waals surface area contributed by atoms with Gasteiger partial charge < -0.3 is 15.1 Å². The summed E-state index contributed by atoms with van der Waals surface area (Å²) >= 11 is 0. The van der Waals surface area contributed by atoms with Crippen LogP contribution in [-0.4, -0.2) is 17.4 Å². The van der Waals surface area contributed by atoms with Crippen molar-refractivity contribution in [2.75, 3.05) is 7.11 Å². The highest BCUT2D eigenvalue weighted by atomic mass is 19.1. The highest BCUT2D eigenvalue weighted by Crippen LogP contribution is 2.37. The molecule has 3 N–H and O–H groups in total. The minimum absolute atomic E-state index is 0.0365. The maximum absolute atomic E-state index is 13.6. The van der Waals surface area contributed by atoms with Crippen molar-refractivity contribution in [1.82, 2.24) is 5.48 Å². The van der Waals surface area contributed by atoms with Crippen LogP contribution >= 0.6 is 0 Å². The number of rotatable bonds is 3. The molecule has 0 atom stereocenters. The van der Waals surface area contributed by atoms with E-state index < -0.39 is 5.82 Å². The van der Waals surface area contributed by atoms with E-state index in [4.69, 9.17) is 9.94 Å². The Bertz CT molecular complexity index is 380. The average molecular weight is 215 g/mol. The van der Waals surface area contributed by atoms with Crippen molar-refractivity contribution in [3.63, 3.8) is 0 Å². The van der Waals surface area contributed by atoms with Crippen molar-refractivity contribution < 1.29 is 19.4 Å². The molecule has 0 spiro atoms. The first-order valence-corrected chi connectivity index (χ1v) is 4.46. The van der Waals surface area contributed by atoms with Crippen LogP contribution in [0.15, 0.2) is 0 Å². The monoisotopic (exact) mass is 215 g/mol. The van der Waals surface area contributed by atoms with E-state index in [9.17, 15) is 9.50 Å². The van der Waals surface area contributed by atoms with Gasteiger partial charge in [-0.3, -0.25) is 0 Å². The molecule has 0 unspecified atom stereocenters. The third-order valence-corrected chi connectivity index (χ3v) is 2.41. The van der Waals surface area contributed by atoms with Crippen LogP contribution in [0.4, 0.5) is 4.39 Å². The van der Waals surface area contributed by atoms with Crippen LogP contribution in [0.25, 0.3) is 0 Å². The van der Waals surface area contributed by atoms with Gasteiger partial charge in [0, 0.05) is 17.7 Å². The molecule has 1 rings (SSSR count). The third-order valence-electron chi connectivity index (χ3n) is 2.41. The summed E-state index contributed by atoms with van der Waals surface area (Å²) in [6.07, 6.45) is 0. The number of benzene rings is 1. The molecule has 0 aliphatic heterocycles. The van der Waals surface area contributed by atoms with Crippen LogP contribution in [-0.2, 0) is 6.54 Å². The third kappa shape index (κ3) is 1.88. The number of phenolic OH excluding ortho intramolecular Hbond substituents is 1. The van der Waals surface area contributed by atoms with Crippen LogP contribution in [0.5, 0.6) is 11.5 Å². The molecule has 0 saturated heterocycles. The Labute approximate surface area is 87.3 Å². The topological polar surface area (TPSA) is 61.7 Å². The quantitative estimate of drug-likeness (QED) is 0.671. The van der Waals surface area contributed by atoms with Crippen LogP contribution < -0.4 is 10.2 Å². The minimum atomic E-state index is -0.435. The standard InChI is InChI=1S/C10H14FNO3/c1-5-7(4-12-14)9(13)10(15-3)6(2)8(5)11/h12-14H,4H2,1-3H3. The molecule has 84 valence electrons. The van der Waals surface area contributed by atoms with Gasteiger partial charge in [0.25, 0.3) is 0 Å². The van der Waals surface area contributed by atoms with E-state index in [1.807, 2.05) is 5.48 Å². The summed E-state index contributed by atoms with van der Waals surface area (Å²) in [5.41, 5.74) is 2.73. The summed E-state index contributed by atoms with van der Waals surface area (Å²) < 4.78 is 18.5. The van der Waals surface area contributed by atoms with Gasteiger partial charge in [0.2, 0.25) is 0 Å².